The van der Waals surface area contributed by atoms with Gasteiger partial charge in [0, 0.05) is 38.2 Å². The monoisotopic (exact) mass is 343 g/mol. The molecule has 0 aliphatic rings. The standard InChI is InChI=1S/C19H25N3O3/c1-7-25-19(24)17-12(2)16(13(3)22(17)6)18(23)20-14-8-10-15(11-9-14)21(4)5/h8-11H,7H2,1-6H3,(H,20,23). The molecule has 1 N–H and O–H groups in total. The van der Waals surface area contributed by atoms with Crippen LogP contribution in [-0.2, 0) is 11.8 Å². The Hall–Kier alpha value is -2.76. The molecule has 1 aromatic carbocycles. The van der Waals surface area contributed by atoms with Crippen molar-refractivity contribution in [2.24, 2.45) is 7.05 Å². The summed E-state index contributed by atoms with van der Waals surface area (Å²) in [6.07, 6.45) is 0. The minimum Gasteiger partial charge on any atom is -0.461 e. The van der Waals surface area contributed by atoms with E-state index < -0.39 is 5.97 Å². The van der Waals surface area contributed by atoms with E-state index in [1.807, 2.05) is 50.2 Å². The average molecular weight is 343 g/mol. The summed E-state index contributed by atoms with van der Waals surface area (Å²) in [4.78, 5) is 26.9. The molecule has 134 valence electrons. The van der Waals surface area contributed by atoms with Gasteiger partial charge in [-0.2, -0.15) is 0 Å². The molecular weight excluding hydrogens is 318 g/mol. The van der Waals surface area contributed by atoms with Crippen molar-refractivity contribution in [3.63, 3.8) is 0 Å². The minimum atomic E-state index is -0.417. The fourth-order valence-electron chi connectivity index (χ4n) is 2.84. The number of hydrogen-bond acceptors (Lipinski definition) is 4. The van der Waals surface area contributed by atoms with Crippen LogP contribution < -0.4 is 10.2 Å². The number of amides is 1. The molecular formula is C19H25N3O3. The number of carbonyl (C=O) groups excluding carboxylic acids is 2. The maximum absolute atomic E-state index is 12.7. The first kappa shape index (κ1) is 18.6. The van der Waals surface area contributed by atoms with Crippen molar-refractivity contribution in [1.82, 2.24) is 4.57 Å². The molecule has 25 heavy (non-hydrogen) atoms. The molecule has 1 aromatic heterocycles. The zero-order chi connectivity index (χ0) is 18.7. The number of nitrogens with zero attached hydrogens (tertiary/aromatic N) is 2. The number of benzene rings is 1. The van der Waals surface area contributed by atoms with E-state index >= 15 is 0 Å². The number of nitrogens with one attached hydrogen (secondary N) is 1. The lowest BCUT2D eigenvalue weighted by atomic mass is 10.1. The molecule has 0 atom stereocenters. The number of rotatable bonds is 5. The summed E-state index contributed by atoms with van der Waals surface area (Å²) in [6.45, 7) is 5.64. The third-order valence-electron chi connectivity index (χ3n) is 4.27. The summed E-state index contributed by atoms with van der Waals surface area (Å²) in [6, 6.07) is 7.58. The maximum atomic E-state index is 12.7. The highest BCUT2D eigenvalue weighted by molar-refractivity contribution is 6.08. The van der Waals surface area contributed by atoms with Crippen LogP contribution in [0.2, 0.25) is 0 Å². The Morgan fingerprint density at radius 3 is 2.28 bits per heavy atom. The van der Waals surface area contributed by atoms with Crippen LogP contribution in [0.5, 0.6) is 0 Å². The van der Waals surface area contributed by atoms with Gasteiger partial charge in [0.1, 0.15) is 5.69 Å². The van der Waals surface area contributed by atoms with Crippen LogP contribution >= 0.6 is 0 Å². The van der Waals surface area contributed by atoms with Crippen molar-refractivity contribution in [2.45, 2.75) is 20.8 Å². The molecule has 2 aromatic rings. The molecule has 0 spiro atoms. The Balaban J connectivity index is 2.30. The van der Waals surface area contributed by atoms with Crippen molar-refractivity contribution in [1.29, 1.82) is 0 Å². The lowest BCUT2D eigenvalue weighted by Crippen LogP contribution is -2.14. The molecule has 0 radical (unpaired) electrons. The highest BCUT2D eigenvalue weighted by atomic mass is 16.5. The van der Waals surface area contributed by atoms with Gasteiger partial charge in [-0.15, -0.1) is 0 Å². The minimum absolute atomic E-state index is 0.237. The number of carbonyl (C=O) groups is 2. The van der Waals surface area contributed by atoms with Crippen molar-refractivity contribution < 1.29 is 14.3 Å². The molecule has 0 unspecified atom stereocenters. The van der Waals surface area contributed by atoms with Crippen LogP contribution in [0.4, 0.5) is 11.4 Å². The average Bonchev–Trinajstić information content (AvgIpc) is 2.77. The summed E-state index contributed by atoms with van der Waals surface area (Å²) < 4.78 is 6.80. The normalized spacial score (nSPS) is 10.5. The molecule has 0 fully saturated rings. The van der Waals surface area contributed by atoms with Gasteiger partial charge in [0.25, 0.3) is 5.91 Å². The van der Waals surface area contributed by atoms with E-state index in [0.29, 0.717) is 29.1 Å². The number of ether oxygens (including phenoxy) is 1. The zero-order valence-corrected chi connectivity index (χ0v) is 15.6. The predicted molar refractivity (Wildman–Crippen MR) is 99.6 cm³/mol. The highest BCUT2D eigenvalue weighted by Crippen LogP contribution is 2.24. The van der Waals surface area contributed by atoms with Crippen LogP contribution in [0.3, 0.4) is 0 Å². The lowest BCUT2D eigenvalue weighted by molar-refractivity contribution is 0.0514. The van der Waals surface area contributed by atoms with Crippen LogP contribution in [0.25, 0.3) is 0 Å². The van der Waals surface area contributed by atoms with Crippen LogP contribution in [0, 0.1) is 13.8 Å². The summed E-state index contributed by atoms with van der Waals surface area (Å²) in [5.74, 6) is -0.654. The first-order valence-corrected chi connectivity index (χ1v) is 8.19. The Kier molecular flexibility index (Phi) is 5.51. The second-order valence-electron chi connectivity index (χ2n) is 6.11. The third kappa shape index (κ3) is 3.68. The predicted octanol–water partition coefficient (Wildman–Crippen LogP) is 3.14. The van der Waals surface area contributed by atoms with E-state index in [9.17, 15) is 9.59 Å². The molecule has 6 heteroatoms. The van der Waals surface area contributed by atoms with Crippen molar-refractivity contribution in [3.8, 4) is 0 Å². The van der Waals surface area contributed by atoms with E-state index in [4.69, 9.17) is 4.74 Å². The second-order valence-corrected chi connectivity index (χ2v) is 6.11. The number of esters is 1. The number of anilines is 2. The maximum Gasteiger partial charge on any atom is 0.355 e. The molecule has 2 rings (SSSR count). The van der Waals surface area contributed by atoms with Crippen molar-refractivity contribution >= 4 is 23.3 Å². The quantitative estimate of drug-likeness (QED) is 0.847. The molecule has 0 saturated carbocycles. The van der Waals surface area contributed by atoms with Gasteiger partial charge in [0.05, 0.1) is 12.2 Å². The van der Waals surface area contributed by atoms with E-state index in [2.05, 4.69) is 5.32 Å². The van der Waals surface area contributed by atoms with Crippen molar-refractivity contribution in [3.05, 3.63) is 46.8 Å². The Morgan fingerprint density at radius 2 is 1.76 bits per heavy atom. The summed E-state index contributed by atoms with van der Waals surface area (Å²) >= 11 is 0. The first-order valence-electron chi connectivity index (χ1n) is 8.19. The van der Waals surface area contributed by atoms with Gasteiger partial charge in [-0.3, -0.25) is 4.79 Å². The summed E-state index contributed by atoms with van der Waals surface area (Å²) in [5.41, 5.74) is 4.02. The van der Waals surface area contributed by atoms with Gasteiger partial charge in [-0.1, -0.05) is 0 Å². The lowest BCUT2D eigenvalue weighted by Gasteiger charge is -2.13. The molecule has 1 amide bonds. The topological polar surface area (TPSA) is 63.6 Å². The Labute approximate surface area is 148 Å². The largest absolute Gasteiger partial charge is 0.461 e. The smallest absolute Gasteiger partial charge is 0.355 e. The Bertz CT molecular complexity index is 789. The molecule has 0 bridgehead atoms. The van der Waals surface area contributed by atoms with Gasteiger partial charge in [0.15, 0.2) is 0 Å². The summed E-state index contributed by atoms with van der Waals surface area (Å²) in [7, 11) is 5.68. The van der Waals surface area contributed by atoms with E-state index in [1.165, 1.54) is 0 Å². The van der Waals surface area contributed by atoms with E-state index in [-0.39, 0.29) is 5.91 Å². The zero-order valence-electron chi connectivity index (χ0n) is 15.6. The van der Waals surface area contributed by atoms with Crippen LogP contribution in [0.15, 0.2) is 24.3 Å². The number of hydrogen-bond donors (Lipinski definition) is 1. The molecule has 0 saturated heterocycles. The van der Waals surface area contributed by atoms with E-state index in [0.717, 1.165) is 11.4 Å². The highest BCUT2D eigenvalue weighted by Gasteiger charge is 2.25. The van der Waals surface area contributed by atoms with Crippen molar-refractivity contribution in [2.75, 3.05) is 30.9 Å². The van der Waals surface area contributed by atoms with E-state index in [1.54, 1.807) is 25.5 Å². The van der Waals surface area contributed by atoms with Gasteiger partial charge in [-0.05, 0) is 50.6 Å². The molecule has 0 aliphatic carbocycles. The molecule has 1 heterocycles. The fourth-order valence-corrected chi connectivity index (χ4v) is 2.84. The first-order chi connectivity index (χ1) is 11.8. The summed E-state index contributed by atoms with van der Waals surface area (Å²) in [5, 5.41) is 2.89. The van der Waals surface area contributed by atoms with Crippen LogP contribution in [-0.4, -0.2) is 37.1 Å². The van der Waals surface area contributed by atoms with Gasteiger partial charge in [-0.25, -0.2) is 4.79 Å². The molecule has 6 nitrogen and oxygen atoms in total. The third-order valence-corrected chi connectivity index (χ3v) is 4.27. The molecule has 0 aliphatic heterocycles. The van der Waals surface area contributed by atoms with Gasteiger partial charge < -0.3 is 19.5 Å². The fraction of sp³-hybridized carbons (Fsp3) is 0.368. The van der Waals surface area contributed by atoms with Gasteiger partial charge in [0.2, 0.25) is 0 Å². The van der Waals surface area contributed by atoms with Gasteiger partial charge >= 0.3 is 5.97 Å². The SMILES string of the molecule is CCOC(=O)c1c(C)c(C(=O)Nc2ccc(N(C)C)cc2)c(C)n1C. The second kappa shape index (κ2) is 7.42. The van der Waals surface area contributed by atoms with Crippen LogP contribution in [0.1, 0.15) is 39.0 Å². The number of aromatic nitrogens is 1. The Morgan fingerprint density at radius 1 is 1.16 bits per heavy atom.